The molecular weight excluding hydrogens is 436 g/mol. The molecule has 5 rings (SSSR count). The monoisotopic (exact) mass is 472 g/mol. The summed E-state index contributed by atoms with van der Waals surface area (Å²) < 4.78 is 5.98. The van der Waals surface area contributed by atoms with Crippen molar-refractivity contribution in [3.05, 3.63) is 65.7 Å². The molecule has 0 atom stereocenters. The Morgan fingerprint density at radius 2 is 1.63 bits per heavy atom. The van der Waals surface area contributed by atoms with Crippen LogP contribution in [-0.4, -0.2) is 61.3 Å². The second-order valence-electron chi connectivity index (χ2n) is 10.8. The fourth-order valence-corrected chi connectivity index (χ4v) is 6.61. The molecule has 2 aromatic carbocycles. The average molecular weight is 473 g/mol. The standard InChI is InChI=1S/C29H36N4O2/c1-31(2)29(24-11-5-4-6-12-24)18-16-27(17-19-29)21-32(25-13-8-7-10-23(25)20-30)26(34)33(27)22-28(35-3)14-9-15-28/h4-8,10-13H,9,14-19,21-22H2,1-3H3. The Hall–Kier alpha value is -2.88. The number of hydrogen-bond donors (Lipinski definition) is 0. The summed E-state index contributed by atoms with van der Waals surface area (Å²) in [5.41, 5.74) is 2.04. The molecule has 35 heavy (non-hydrogen) atoms. The number of hydrogen-bond acceptors (Lipinski definition) is 4. The van der Waals surface area contributed by atoms with Gasteiger partial charge in [0, 0.05) is 12.6 Å². The molecule has 2 aliphatic carbocycles. The van der Waals surface area contributed by atoms with E-state index in [1.54, 1.807) is 13.2 Å². The highest BCUT2D eigenvalue weighted by molar-refractivity contribution is 5.96. The predicted molar refractivity (Wildman–Crippen MR) is 137 cm³/mol. The van der Waals surface area contributed by atoms with E-state index in [0.29, 0.717) is 18.7 Å². The van der Waals surface area contributed by atoms with Crippen molar-refractivity contribution < 1.29 is 9.53 Å². The van der Waals surface area contributed by atoms with Gasteiger partial charge in [-0.3, -0.25) is 9.80 Å². The van der Waals surface area contributed by atoms with Crippen molar-refractivity contribution in [3.63, 3.8) is 0 Å². The summed E-state index contributed by atoms with van der Waals surface area (Å²) in [6.45, 7) is 1.23. The van der Waals surface area contributed by atoms with Crippen LogP contribution in [0.3, 0.4) is 0 Å². The molecule has 3 fully saturated rings. The third kappa shape index (κ3) is 3.82. The highest BCUT2D eigenvalue weighted by Gasteiger charge is 2.57. The van der Waals surface area contributed by atoms with Gasteiger partial charge in [-0.2, -0.15) is 5.26 Å². The minimum atomic E-state index is -0.269. The Labute approximate surface area is 209 Å². The Morgan fingerprint density at radius 3 is 2.20 bits per heavy atom. The molecule has 0 aromatic heterocycles. The first-order valence-corrected chi connectivity index (χ1v) is 12.8. The number of rotatable bonds is 6. The summed E-state index contributed by atoms with van der Waals surface area (Å²) in [6.07, 6.45) is 6.89. The van der Waals surface area contributed by atoms with Gasteiger partial charge in [-0.1, -0.05) is 42.5 Å². The minimum Gasteiger partial charge on any atom is -0.376 e. The topological polar surface area (TPSA) is 59.8 Å². The van der Waals surface area contributed by atoms with E-state index in [2.05, 4.69) is 60.3 Å². The number of methoxy groups -OCH3 is 1. The molecule has 0 radical (unpaired) electrons. The van der Waals surface area contributed by atoms with Gasteiger partial charge in [0.1, 0.15) is 6.07 Å². The first-order chi connectivity index (χ1) is 16.9. The van der Waals surface area contributed by atoms with E-state index in [4.69, 9.17) is 4.74 Å². The number of anilines is 1. The number of para-hydroxylation sites is 1. The summed E-state index contributed by atoms with van der Waals surface area (Å²) in [6, 6.07) is 20.5. The number of amides is 2. The molecule has 2 amide bonds. The number of ether oxygens (including phenoxy) is 1. The predicted octanol–water partition coefficient (Wildman–Crippen LogP) is 5.14. The Kier molecular flexibility index (Phi) is 6.11. The molecule has 1 spiro atoms. The van der Waals surface area contributed by atoms with E-state index in [9.17, 15) is 10.1 Å². The maximum absolute atomic E-state index is 14.0. The van der Waals surface area contributed by atoms with Crippen LogP contribution < -0.4 is 4.90 Å². The maximum atomic E-state index is 14.0. The van der Waals surface area contributed by atoms with E-state index in [0.717, 1.165) is 50.6 Å². The van der Waals surface area contributed by atoms with Gasteiger partial charge in [0.05, 0.1) is 35.5 Å². The SMILES string of the molecule is COC1(CN2C(=O)N(c3ccccc3C#N)CC23CCC(c2ccccc2)(N(C)C)CC3)CCC1. The smallest absolute Gasteiger partial charge is 0.325 e. The third-order valence-corrected chi connectivity index (χ3v) is 9.12. The number of carbonyl (C=O) groups excluding carboxylic acids is 1. The van der Waals surface area contributed by atoms with E-state index >= 15 is 0 Å². The van der Waals surface area contributed by atoms with E-state index in [1.807, 2.05) is 23.1 Å². The number of carbonyl (C=O) groups is 1. The molecule has 0 unspecified atom stereocenters. The lowest BCUT2D eigenvalue weighted by atomic mass is 9.67. The van der Waals surface area contributed by atoms with Gasteiger partial charge >= 0.3 is 6.03 Å². The lowest BCUT2D eigenvalue weighted by Crippen LogP contribution is -2.60. The first kappa shape index (κ1) is 23.8. The second-order valence-corrected chi connectivity index (χ2v) is 10.8. The van der Waals surface area contributed by atoms with Gasteiger partial charge in [0.2, 0.25) is 0 Å². The Bertz CT molecular complexity index is 1110. The summed E-state index contributed by atoms with van der Waals surface area (Å²) in [5, 5.41) is 9.73. The van der Waals surface area contributed by atoms with Crippen LogP contribution in [0.15, 0.2) is 54.6 Å². The summed E-state index contributed by atoms with van der Waals surface area (Å²) in [7, 11) is 6.13. The lowest BCUT2D eigenvalue weighted by molar-refractivity contribution is -0.0996. The van der Waals surface area contributed by atoms with Crippen molar-refractivity contribution in [2.24, 2.45) is 0 Å². The molecule has 0 N–H and O–H groups in total. The molecule has 0 bridgehead atoms. The highest BCUT2D eigenvalue weighted by atomic mass is 16.5. The van der Waals surface area contributed by atoms with Crippen molar-refractivity contribution in [2.45, 2.75) is 61.6 Å². The Balaban J connectivity index is 1.50. The van der Waals surface area contributed by atoms with Crippen LogP contribution in [0.4, 0.5) is 10.5 Å². The van der Waals surface area contributed by atoms with Crippen molar-refractivity contribution >= 4 is 11.7 Å². The molecule has 6 nitrogen and oxygen atoms in total. The van der Waals surface area contributed by atoms with Crippen LogP contribution in [0.2, 0.25) is 0 Å². The quantitative estimate of drug-likeness (QED) is 0.584. The fraction of sp³-hybridized carbons (Fsp3) is 0.517. The van der Waals surface area contributed by atoms with Crippen LogP contribution in [0.1, 0.15) is 56.1 Å². The summed E-state index contributed by atoms with van der Waals surface area (Å²) >= 11 is 0. The summed E-state index contributed by atoms with van der Waals surface area (Å²) in [4.78, 5) is 20.4. The minimum absolute atomic E-state index is 0.00749. The largest absolute Gasteiger partial charge is 0.376 e. The number of benzene rings is 2. The van der Waals surface area contributed by atoms with Gasteiger partial charge < -0.3 is 9.64 Å². The van der Waals surface area contributed by atoms with Crippen LogP contribution >= 0.6 is 0 Å². The van der Waals surface area contributed by atoms with Gasteiger partial charge in [0.15, 0.2) is 0 Å². The molecule has 1 heterocycles. The van der Waals surface area contributed by atoms with Crippen LogP contribution in [-0.2, 0) is 10.3 Å². The van der Waals surface area contributed by atoms with Crippen LogP contribution in [0.25, 0.3) is 0 Å². The van der Waals surface area contributed by atoms with Crippen molar-refractivity contribution in [3.8, 4) is 6.07 Å². The first-order valence-electron chi connectivity index (χ1n) is 12.8. The zero-order valence-corrected chi connectivity index (χ0v) is 21.2. The molecule has 6 heteroatoms. The zero-order valence-electron chi connectivity index (χ0n) is 21.2. The molecular formula is C29H36N4O2. The van der Waals surface area contributed by atoms with Crippen molar-refractivity contribution in [1.29, 1.82) is 5.26 Å². The maximum Gasteiger partial charge on any atom is 0.325 e. The zero-order chi connectivity index (χ0) is 24.7. The number of urea groups is 1. The van der Waals surface area contributed by atoms with Gasteiger partial charge in [-0.15, -0.1) is 0 Å². The third-order valence-electron chi connectivity index (χ3n) is 9.12. The van der Waals surface area contributed by atoms with Gasteiger partial charge in [-0.25, -0.2) is 4.79 Å². The van der Waals surface area contributed by atoms with Gasteiger partial charge in [-0.05, 0) is 76.7 Å². The molecule has 1 aliphatic heterocycles. The second kappa shape index (κ2) is 8.96. The highest BCUT2D eigenvalue weighted by Crippen LogP contribution is 2.51. The van der Waals surface area contributed by atoms with E-state index in [-0.39, 0.29) is 22.7 Å². The summed E-state index contributed by atoms with van der Waals surface area (Å²) in [5.74, 6) is 0. The van der Waals surface area contributed by atoms with Crippen LogP contribution in [0, 0.1) is 11.3 Å². The Morgan fingerprint density at radius 1 is 0.971 bits per heavy atom. The van der Waals surface area contributed by atoms with E-state index < -0.39 is 0 Å². The van der Waals surface area contributed by atoms with Crippen molar-refractivity contribution in [1.82, 2.24) is 9.80 Å². The van der Waals surface area contributed by atoms with Gasteiger partial charge in [0.25, 0.3) is 0 Å². The molecule has 2 aromatic rings. The molecule has 3 aliphatic rings. The number of nitrogens with zero attached hydrogens (tertiary/aromatic N) is 4. The van der Waals surface area contributed by atoms with E-state index in [1.165, 1.54) is 5.56 Å². The van der Waals surface area contributed by atoms with Crippen LogP contribution in [0.5, 0.6) is 0 Å². The normalized spacial score (nSPS) is 27.8. The molecule has 2 saturated carbocycles. The fourth-order valence-electron chi connectivity index (χ4n) is 6.61. The lowest BCUT2D eigenvalue weighted by Gasteiger charge is -2.53. The number of nitriles is 1. The molecule has 184 valence electrons. The average Bonchev–Trinajstić information content (AvgIpc) is 3.13. The molecule has 1 saturated heterocycles. The van der Waals surface area contributed by atoms with Crippen molar-refractivity contribution in [2.75, 3.05) is 39.2 Å².